The smallest absolute Gasteiger partial charge is 0.342 e. The lowest BCUT2D eigenvalue weighted by atomic mass is 10.2. The third-order valence-electron chi connectivity index (χ3n) is 3.81. The average molecular weight is 454 g/mol. The molecule has 1 aromatic carbocycles. The molecular weight excluding hydrogens is 438 g/mol. The summed E-state index contributed by atoms with van der Waals surface area (Å²) < 4.78 is 40.9. The Kier molecular flexibility index (Phi) is 5.11. The molecule has 0 radical (unpaired) electrons. The molecule has 0 amide bonds. The van der Waals surface area contributed by atoms with Gasteiger partial charge in [0, 0.05) is 6.20 Å². The Bertz CT molecular complexity index is 1120. The standard InChI is InChI=1S/C17H16BrN3O5S/c1-10-15(17(22)25-3)16(11(2)26-10)27(23,24)20-13-6-4-5-7-14(13)21-9-12(18)8-19-21/h4-9,20H,1-3H3. The summed E-state index contributed by atoms with van der Waals surface area (Å²) in [5.41, 5.74) is 0.688. The minimum Gasteiger partial charge on any atom is -0.465 e. The number of carbonyl (C=O) groups excluding carboxylic acids is 1. The van der Waals surface area contributed by atoms with Gasteiger partial charge in [-0.3, -0.25) is 4.72 Å². The highest BCUT2D eigenvalue weighted by atomic mass is 79.9. The molecule has 2 aromatic heterocycles. The number of esters is 1. The fourth-order valence-corrected chi connectivity index (χ4v) is 4.48. The number of halogens is 1. The van der Waals surface area contributed by atoms with Gasteiger partial charge in [0.15, 0.2) is 0 Å². The van der Waals surface area contributed by atoms with Crippen LogP contribution in [0.25, 0.3) is 5.69 Å². The summed E-state index contributed by atoms with van der Waals surface area (Å²) in [6, 6.07) is 6.76. The third kappa shape index (κ3) is 3.62. The van der Waals surface area contributed by atoms with Gasteiger partial charge in [-0.2, -0.15) is 5.10 Å². The molecule has 3 aromatic rings. The second-order valence-electron chi connectivity index (χ2n) is 5.64. The highest BCUT2D eigenvalue weighted by Gasteiger charge is 2.32. The molecule has 0 aliphatic rings. The number of rotatable bonds is 5. The Hall–Kier alpha value is -2.59. The number of methoxy groups -OCH3 is 1. The summed E-state index contributed by atoms with van der Waals surface area (Å²) in [4.78, 5) is 11.8. The lowest BCUT2D eigenvalue weighted by Crippen LogP contribution is -2.18. The maximum absolute atomic E-state index is 13.0. The third-order valence-corrected chi connectivity index (χ3v) is 5.74. The molecule has 0 spiro atoms. The number of benzene rings is 1. The molecule has 1 N–H and O–H groups in total. The van der Waals surface area contributed by atoms with Crippen molar-refractivity contribution in [2.24, 2.45) is 0 Å². The molecule has 0 saturated carbocycles. The lowest BCUT2D eigenvalue weighted by molar-refractivity contribution is 0.0595. The molecule has 0 aliphatic carbocycles. The molecule has 142 valence electrons. The fraction of sp³-hybridized carbons (Fsp3) is 0.176. The van der Waals surface area contributed by atoms with E-state index in [1.54, 1.807) is 36.7 Å². The van der Waals surface area contributed by atoms with Gasteiger partial charge in [-0.05, 0) is 41.9 Å². The van der Waals surface area contributed by atoms with E-state index < -0.39 is 16.0 Å². The normalized spacial score (nSPS) is 11.4. The SMILES string of the molecule is COC(=O)c1c(C)oc(C)c1S(=O)(=O)Nc1ccccc1-n1cc(Br)cn1. The van der Waals surface area contributed by atoms with Crippen molar-refractivity contribution in [2.45, 2.75) is 18.7 Å². The van der Waals surface area contributed by atoms with Crippen molar-refractivity contribution in [2.75, 3.05) is 11.8 Å². The summed E-state index contributed by atoms with van der Waals surface area (Å²) in [6.45, 7) is 2.98. The number of aryl methyl sites for hydroxylation is 2. The number of furan rings is 1. The van der Waals surface area contributed by atoms with E-state index >= 15 is 0 Å². The number of nitrogens with one attached hydrogen (secondary N) is 1. The highest BCUT2D eigenvalue weighted by Crippen LogP contribution is 2.30. The van der Waals surface area contributed by atoms with Crippen LogP contribution in [0, 0.1) is 13.8 Å². The number of aromatic nitrogens is 2. The minimum atomic E-state index is -4.13. The van der Waals surface area contributed by atoms with Gasteiger partial charge in [0.05, 0.1) is 29.2 Å². The van der Waals surface area contributed by atoms with E-state index in [0.29, 0.717) is 11.4 Å². The lowest BCUT2D eigenvalue weighted by Gasteiger charge is -2.13. The van der Waals surface area contributed by atoms with E-state index in [4.69, 9.17) is 9.15 Å². The van der Waals surface area contributed by atoms with Crippen LogP contribution >= 0.6 is 15.9 Å². The Labute approximate surface area is 164 Å². The van der Waals surface area contributed by atoms with Gasteiger partial charge in [-0.25, -0.2) is 17.9 Å². The van der Waals surface area contributed by atoms with Crippen LogP contribution in [0.4, 0.5) is 5.69 Å². The van der Waals surface area contributed by atoms with Crippen molar-refractivity contribution in [3.8, 4) is 5.69 Å². The zero-order chi connectivity index (χ0) is 19.8. The van der Waals surface area contributed by atoms with E-state index in [0.717, 1.165) is 4.47 Å². The van der Waals surface area contributed by atoms with Gasteiger partial charge in [0.2, 0.25) is 0 Å². The molecule has 0 atom stereocenters. The first-order valence-corrected chi connectivity index (χ1v) is 10.0. The van der Waals surface area contributed by atoms with Crippen molar-refractivity contribution < 1.29 is 22.4 Å². The summed E-state index contributed by atoms with van der Waals surface area (Å²) in [5, 5.41) is 4.17. The molecular formula is C17H16BrN3O5S. The number of nitrogens with zero attached hydrogens (tertiary/aromatic N) is 2. The van der Waals surface area contributed by atoms with E-state index in [1.807, 2.05) is 0 Å². The topological polar surface area (TPSA) is 103 Å². The molecule has 2 heterocycles. The number of para-hydroxylation sites is 2. The van der Waals surface area contributed by atoms with Gasteiger partial charge < -0.3 is 9.15 Å². The second kappa shape index (κ2) is 7.20. The van der Waals surface area contributed by atoms with E-state index in [-0.39, 0.29) is 22.0 Å². The van der Waals surface area contributed by atoms with Crippen molar-refractivity contribution in [3.63, 3.8) is 0 Å². The molecule has 3 rings (SSSR count). The zero-order valence-electron chi connectivity index (χ0n) is 14.7. The van der Waals surface area contributed by atoms with Crippen molar-refractivity contribution >= 4 is 37.6 Å². The first kappa shape index (κ1) is 19.2. The van der Waals surface area contributed by atoms with E-state index in [2.05, 4.69) is 25.8 Å². The zero-order valence-corrected chi connectivity index (χ0v) is 17.1. The molecule has 8 nitrogen and oxygen atoms in total. The number of ether oxygens (including phenoxy) is 1. The molecule has 0 bridgehead atoms. The number of anilines is 1. The van der Waals surface area contributed by atoms with Crippen LogP contribution in [-0.4, -0.2) is 31.3 Å². The summed E-state index contributed by atoms with van der Waals surface area (Å²) >= 11 is 3.31. The minimum absolute atomic E-state index is 0.0970. The van der Waals surface area contributed by atoms with Crippen LogP contribution in [0.5, 0.6) is 0 Å². The second-order valence-corrected chi connectivity index (χ2v) is 8.17. The predicted octanol–water partition coefficient (Wildman–Crippen LogP) is 3.43. The van der Waals surface area contributed by atoms with E-state index in [1.165, 1.54) is 25.6 Å². The molecule has 27 heavy (non-hydrogen) atoms. The molecule has 10 heteroatoms. The Morgan fingerprint density at radius 1 is 1.26 bits per heavy atom. The van der Waals surface area contributed by atoms with Crippen LogP contribution in [0.15, 0.2) is 50.4 Å². The monoisotopic (exact) mass is 453 g/mol. The summed E-state index contributed by atoms with van der Waals surface area (Å²) in [7, 11) is -2.95. The molecule has 0 saturated heterocycles. The first-order valence-electron chi connectivity index (χ1n) is 7.75. The van der Waals surface area contributed by atoms with Crippen LogP contribution in [-0.2, 0) is 14.8 Å². The van der Waals surface area contributed by atoms with Crippen molar-refractivity contribution in [3.05, 3.63) is 58.2 Å². The molecule has 0 unspecified atom stereocenters. The van der Waals surface area contributed by atoms with Crippen molar-refractivity contribution in [1.82, 2.24) is 9.78 Å². The van der Waals surface area contributed by atoms with Gasteiger partial charge in [-0.15, -0.1) is 0 Å². The van der Waals surface area contributed by atoms with Gasteiger partial charge in [0.1, 0.15) is 22.0 Å². The van der Waals surface area contributed by atoms with Crippen LogP contribution in [0.3, 0.4) is 0 Å². The molecule has 0 aliphatic heterocycles. The van der Waals surface area contributed by atoms with Gasteiger partial charge >= 0.3 is 5.97 Å². The average Bonchev–Trinajstić information content (AvgIpc) is 3.17. The Morgan fingerprint density at radius 3 is 2.59 bits per heavy atom. The summed E-state index contributed by atoms with van der Waals surface area (Å²) in [6.07, 6.45) is 3.28. The van der Waals surface area contributed by atoms with Crippen LogP contribution in [0.2, 0.25) is 0 Å². The molecule has 0 fully saturated rings. The predicted molar refractivity (Wildman–Crippen MR) is 102 cm³/mol. The van der Waals surface area contributed by atoms with E-state index in [9.17, 15) is 13.2 Å². The first-order chi connectivity index (χ1) is 12.7. The maximum Gasteiger partial charge on any atom is 0.342 e. The number of sulfonamides is 1. The van der Waals surface area contributed by atoms with Crippen molar-refractivity contribution in [1.29, 1.82) is 0 Å². The Morgan fingerprint density at radius 2 is 1.96 bits per heavy atom. The fourth-order valence-electron chi connectivity index (χ4n) is 2.71. The number of hydrogen-bond acceptors (Lipinski definition) is 6. The van der Waals surface area contributed by atoms with Gasteiger partial charge in [-0.1, -0.05) is 12.1 Å². The maximum atomic E-state index is 13.0. The summed E-state index contributed by atoms with van der Waals surface area (Å²) in [5.74, 6) is -0.516. The Balaban J connectivity index is 2.09. The van der Waals surface area contributed by atoms with Gasteiger partial charge in [0.25, 0.3) is 10.0 Å². The highest BCUT2D eigenvalue weighted by molar-refractivity contribution is 9.10. The largest absolute Gasteiger partial charge is 0.465 e. The van der Waals surface area contributed by atoms with Crippen LogP contribution < -0.4 is 4.72 Å². The number of hydrogen-bond donors (Lipinski definition) is 1. The quantitative estimate of drug-likeness (QED) is 0.593. The van der Waals surface area contributed by atoms with Crippen LogP contribution in [0.1, 0.15) is 21.9 Å². The number of carbonyl (C=O) groups is 1.